The van der Waals surface area contributed by atoms with Crippen LogP contribution in [0.1, 0.15) is 23.5 Å². The zero-order valence-electron chi connectivity index (χ0n) is 15.7. The number of thiophene rings is 1. The summed E-state index contributed by atoms with van der Waals surface area (Å²) in [6.45, 7) is 5.13. The van der Waals surface area contributed by atoms with E-state index >= 15 is 0 Å². The summed E-state index contributed by atoms with van der Waals surface area (Å²) in [5.74, 6) is 1.21. The third kappa shape index (κ3) is 2.98. The molecular formula is C19H21N3O4S. The molecule has 27 heavy (non-hydrogen) atoms. The van der Waals surface area contributed by atoms with E-state index in [1.54, 1.807) is 26.6 Å². The van der Waals surface area contributed by atoms with Gasteiger partial charge < -0.3 is 19.1 Å². The highest BCUT2D eigenvalue weighted by atomic mass is 32.1. The first kappa shape index (κ1) is 17.9. The van der Waals surface area contributed by atoms with Crippen molar-refractivity contribution in [3.05, 3.63) is 23.3 Å². The number of morpholine rings is 1. The summed E-state index contributed by atoms with van der Waals surface area (Å²) in [6.07, 6.45) is 3.27. The van der Waals surface area contributed by atoms with E-state index in [1.807, 2.05) is 24.8 Å². The fraction of sp³-hybridized carbons (Fsp3) is 0.421. The van der Waals surface area contributed by atoms with Crippen LogP contribution in [0.5, 0.6) is 11.5 Å². The molecule has 1 amide bonds. The fourth-order valence-electron chi connectivity index (χ4n) is 3.63. The number of hydrogen-bond acceptors (Lipinski definition) is 7. The van der Waals surface area contributed by atoms with Crippen LogP contribution in [0.3, 0.4) is 0 Å². The maximum atomic E-state index is 13.1. The third-order valence-corrected chi connectivity index (χ3v) is 5.76. The molecule has 1 aliphatic rings. The second-order valence-corrected chi connectivity index (χ2v) is 7.69. The van der Waals surface area contributed by atoms with Crippen molar-refractivity contribution in [3.8, 4) is 11.5 Å². The maximum Gasteiger partial charge on any atom is 0.264 e. The summed E-state index contributed by atoms with van der Waals surface area (Å²) in [5, 5.41) is 0.810. The van der Waals surface area contributed by atoms with Crippen molar-refractivity contribution >= 4 is 38.4 Å². The van der Waals surface area contributed by atoms with Crippen molar-refractivity contribution in [1.82, 2.24) is 14.9 Å². The van der Waals surface area contributed by atoms with Gasteiger partial charge in [-0.1, -0.05) is 0 Å². The Bertz CT molecular complexity index is 949. The van der Waals surface area contributed by atoms with E-state index in [4.69, 9.17) is 14.2 Å². The van der Waals surface area contributed by atoms with Crippen molar-refractivity contribution in [2.24, 2.45) is 0 Å². The number of hydrogen-bond donors (Lipinski definition) is 0. The Morgan fingerprint density at radius 1 is 1.11 bits per heavy atom. The van der Waals surface area contributed by atoms with Crippen LogP contribution >= 0.6 is 11.3 Å². The third-order valence-electron chi connectivity index (χ3n) is 4.64. The molecule has 0 spiro atoms. The van der Waals surface area contributed by atoms with Gasteiger partial charge in [-0.05, 0) is 19.9 Å². The Hall–Kier alpha value is -2.45. The molecule has 142 valence electrons. The van der Waals surface area contributed by atoms with Crippen LogP contribution in [0.15, 0.2) is 18.5 Å². The number of fused-ring (bicyclic) bond motifs is 2. The highest BCUT2D eigenvalue weighted by Crippen LogP contribution is 2.45. The summed E-state index contributed by atoms with van der Waals surface area (Å²) >= 11 is 1.39. The first-order valence-corrected chi connectivity index (χ1v) is 9.58. The van der Waals surface area contributed by atoms with Crippen molar-refractivity contribution in [3.63, 3.8) is 0 Å². The Morgan fingerprint density at radius 2 is 1.70 bits per heavy atom. The predicted octanol–water partition coefficient (Wildman–Crippen LogP) is 3.11. The number of nitrogens with zero attached hydrogens (tertiary/aromatic N) is 3. The molecule has 1 aliphatic heterocycles. The number of benzene rings is 1. The second-order valence-electron chi connectivity index (χ2n) is 6.64. The number of carbonyl (C=O) groups excluding carboxylic acids is 1. The second kappa shape index (κ2) is 6.94. The van der Waals surface area contributed by atoms with E-state index < -0.39 is 0 Å². The van der Waals surface area contributed by atoms with E-state index in [0.717, 1.165) is 10.1 Å². The Balaban J connectivity index is 1.86. The summed E-state index contributed by atoms with van der Waals surface area (Å²) in [6, 6.07) is 1.86. The van der Waals surface area contributed by atoms with Gasteiger partial charge in [-0.15, -0.1) is 11.3 Å². The van der Waals surface area contributed by atoms with Gasteiger partial charge in [0.1, 0.15) is 11.0 Å². The van der Waals surface area contributed by atoms with Gasteiger partial charge in [0.05, 0.1) is 36.0 Å². The van der Waals surface area contributed by atoms with Gasteiger partial charge in [0, 0.05) is 30.9 Å². The van der Waals surface area contributed by atoms with Gasteiger partial charge in [-0.3, -0.25) is 4.79 Å². The Labute approximate surface area is 160 Å². The number of carbonyl (C=O) groups is 1. The Kier molecular flexibility index (Phi) is 4.61. The molecule has 1 saturated heterocycles. The lowest BCUT2D eigenvalue weighted by Crippen LogP contribution is -2.48. The molecular weight excluding hydrogens is 366 g/mol. The molecule has 0 N–H and O–H groups in total. The van der Waals surface area contributed by atoms with Crippen molar-refractivity contribution in [2.45, 2.75) is 26.1 Å². The lowest BCUT2D eigenvalue weighted by atomic mass is 10.1. The molecule has 0 radical (unpaired) electrons. The van der Waals surface area contributed by atoms with Crippen LogP contribution in [0.2, 0.25) is 0 Å². The van der Waals surface area contributed by atoms with Gasteiger partial charge in [0.25, 0.3) is 5.91 Å². The van der Waals surface area contributed by atoms with Crippen LogP contribution in [0.25, 0.3) is 21.1 Å². The van der Waals surface area contributed by atoms with Gasteiger partial charge >= 0.3 is 0 Å². The molecule has 3 heterocycles. The quantitative estimate of drug-likeness (QED) is 0.688. The number of ether oxygens (including phenoxy) is 3. The topological polar surface area (TPSA) is 73.8 Å². The molecule has 3 aromatic rings. The number of rotatable bonds is 3. The van der Waals surface area contributed by atoms with Crippen LogP contribution in [0.4, 0.5) is 0 Å². The van der Waals surface area contributed by atoms with E-state index in [0.29, 0.717) is 40.5 Å². The zero-order chi connectivity index (χ0) is 19.1. The first-order chi connectivity index (χ1) is 13.0. The average molecular weight is 387 g/mol. The summed E-state index contributed by atoms with van der Waals surface area (Å²) in [7, 11) is 3.20. The average Bonchev–Trinajstić information content (AvgIpc) is 3.09. The lowest BCUT2D eigenvalue weighted by molar-refractivity contribution is -0.0585. The van der Waals surface area contributed by atoms with Crippen molar-refractivity contribution in [2.75, 3.05) is 27.3 Å². The predicted molar refractivity (Wildman–Crippen MR) is 104 cm³/mol. The van der Waals surface area contributed by atoms with E-state index in [1.165, 1.54) is 11.3 Å². The van der Waals surface area contributed by atoms with Crippen molar-refractivity contribution < 1.29 is 19.0 Å². The molecule has 0 unspecified atom stereocenters. The molecule has 4 rings (SSSR count). The summed E-state index contributed by atoms with van der Waals surface area (Å²) in [5.41, 5.74) is 1.24. The first-order valence-electron chi connectivity index (χ1n) is 8.76. The summed E-state index contributed by atoms with van der Waals surface area (Å²) in [4.78, 5) is 24.4. The molecule has 2 aromatic heterocycles. The van der Waals surface area contributed by atoms with Crippen LogP contribution in [0, 0.1) is 0 Å². The van der Waals surface area contributed by atoms with E-state index in [-0.39, 0.29) is 18.1 Å². The van der Waals surface area contributed by atoms with Crippen LogP contribution in [-0.4, -0.2) is 60.3 Å². The molecule has 1 aromatic carbocycles. The molecule has 8 heteroatoms. The minimum absolute atomic E-state index is 0.00715. The van der Waals surface area contributed by atoms with Crippen molar-refractivity contribution in [1.29, 1.82) is 0 Å². The van der Waals surface area contributed by atoms with Gasteiger partial charge in [-0.25, -0.2) is 9.97 Å². The smallest absolute Gasteiger partial charge is 0.264 e. The molecule has 7 nitrogen and oxygen atoms in total. The highest BCUT2D eigenvalue weighted by molar-refractivity contribution is 7.21. The van der Waals surface area contributed by atoms with Crippen LogP contribution in [-0.2, 0) is 4.74 Å². The normalized spacial score (nSPS) is 20.2. The number of amides is 1. The SMILES string of the molecule is COc1c2cc(C(=O)N3C[C@@H](C)O[C@@H](C)C3)sc2c(OC)c2nccnc12. The molecule has 1 fully saturated rings. The molecule has 0 bridgehead atoms. The van der Waals surface area contributed by atoms with Gasteiger partial charge in [-0.2, -0.15) is 0 Å². The molecule has 0 saturated carbocycles. The van der Waals surface area contributed by atoms with E-state index in [2.05, 4.69) is 9.97 Å². The fourth-order valence-corrected chi connectivity index (χ4v) is 4.78. The van der Waals surface area contributed by atoms with Gasteiger partial charge in [0.2, 0.25) is 0 Å². The standard InChI is InChI=1S/C19H21N3O4S/c1-10-8-22(9-11(2)26-10)19(23)13-7-12-16(24-3)14-15(21-6-5-20-14)17(25-4)18(12)27-13/h5-7,10-11H,8-9H2,1-4H3/t10-,11+. The number of methoxy groups -OCH3 is 2. The zero-order valence-corrected chi connectivity index (χ0v) is 16.5. The largest absolute Gasteiger partial charge is 0.494 e. The Morgan fingerprint density at radius 3 is 2.30 bits per heavy atom. The lowest BCUT2D eigenvalue weighted by Gasteiger charge is -2.35. The minimum Gasteiger partial charge on any atom is -0.494 e. The maximum absolute atomic E-state index is 13.1. The van der Waals surface area contributed by atoms with E-state index in [9.17, 15) is 4.79 Å². The van der Waals surface area contributed by atoms with Crippen LogP contribution < -0.4 is 9.47 Å². The van der Waals surface area contributed by atoms with Gasteiger partial charge in [0.15, 0.2) is 11.5 Å². The monoisotopic (exact) mass is 387 g/mol. The summed E-state index contributed by atoms with van der Waals surface area (Å²) < 4.78 is 17.8. The molecule has 2 atom stereocenters. The minimum atomic E-state index is -0.00715. The number of aromatic nitrogens is 2. The molecule has 0 aliphatic carbocycles. The highest BCUT2D eigenvalue weighted by Gasteiger charge is 2.29.